The quantitative estimate of drug-likeness (QED) is 0.650. The number of nitrogens with zero attached hydrogens (tertiary/aromatic N) is 1. The van der Waals surface area contributed by atoms with Gasteiger partial charge in [-0.05, 0) is 35.9 Å². The van der Waals surface area contributed by atoms with Crippen LogP contribution in [0, 0.1) is 17.0 Å². The molecular formula is C15H18N2O2S. The van der Waals surface area contributed by atoms with Crippen molar-refractivity contribution in [3.63, 3.8) is 0 Å². The van der Waals surface area contributed by atoms with E-state index in [0.29, 0.717) is 12.1 Å². The number of hydrogen-bond acceptors (Lipinski definition) is 4. The summed E-state index contributed by atoms with van der Waals surface area (Å²) in [4.78, 5) is 11.9. The molecule has 0 atom stereocenters. The lowest BCUT2D eigenvalue weighted by atomic mass is 10.1. The summed E-state index contributed by atoms with van der Waals surface area (Å²) in [5.74, 6) is 0. The molecule has 0 aliphatic heterocycles. The van der Waals surface area contributed by atoms with E-state index in [2.05, 4.69) is 23.7 Å². The number of rotatable bonds is 6. The van der Waals surface area contributed by atoms with Crippen molar-refractivity contribution in [2.45, 2.75) is 33.4 Å². The number of thiophene rings is 1. The van der Waals surface area contributed by atoms with E-state index >= 15 is 0 Å². The van der Waals surface area contributed by atoms with Crippen LogP contribution in [0.5, 0.6) is 0 Å². The standard InChI is InChI=1S/C15H18N2O2S/c1-3-13-6-7-20-15(13)10-16-9-12-5-4-11(2)14(8-12)17(18)19/h4-8,16H,3,9-10H2,1-2H3. The van der Waals surface area contributed by atoms with Crippen LogP contribution in [0.15, 0.2) is 29.6 Å². The normalized spacial score (nSPS) is 10.7. The van der Waals surface area contributed by atoms with Crippen molar-refractivity contribution in [2.75, 3.05) is 0 Å². The van der Waals surface area contributed by atoms with Crippen LogP contribution >= 0.6 is 11.3 Å². The van der Waals surface area contributed by atoms with Gasteiger partial charge in [0, 0.05) is 29.6 Å². The molecule has 2 aromatic rings. The fraction of sp³-hybridized carbons (Fsp3) is 0.333. The maximum atomic E-state index is 10.9. The Labute approximate surface area is 122 Å². The zero-order valence-corrected chi connectivity index (χ0v) is 12.5. The third-order valence-corrected chi connectivity index (χ3v) is 4.27. The molecule has 0 bridgehead atoms. The number of nitrogens with one attached hydrogen (secondary N) is 1. The summed E-state index contributed by atoms with van der Waals surface area (Å²) in [6.07, 6.45) is 1.04. The van der Waals surface area contributed by atoms with Crippen molar-refractivity contribution in [3.8, 4) is 0 Å². The summed E-state index contributed by atoms with van der Waals surface area (Å²) in [6.45, 7) is 5.36. The summed E-state index contributed by atoms with van der Waals surface area (Å²) in [6, 6.07) is 7.54. The van der Waals surface area contributed by atoms with Crippen molar-refractivity contribution < 1.29 is 4.92 Å². The van der Waals surface area contributed by atoms with E-state index in [9.17, 15) is 10.1 Å². The van der Waals surface area contributed by atoms with Gasteiger partial charge < -0.3 is 5.32 Å². The molecule has 1 N–H and O–H groups in total. The highest BCUT2D eigenvalue weighted by molar-refractivity contribution is 7.10. The smallest absolute Gasteiger partial charge is 0.272 e. The minimum Gasteiger partial charge on any atom is -0.308 e. The van der Waals surface area contributed by atoms with Crippen molar-refractivity contribution >= 4 is 17.0 Å². The first-order chi connectivity index (χ1) is 9.61. The molecule has 1 heterocycles. The second-order valence-corrected chi connectivity index (χ2v) is 5.70. The van der Waals surface area contributed by atoms with Crippen LogP contribution in [0.2, 0.25) is 0 Å². The molecule has 0 aliphatic rings. The van der Waals surface area contributed by atoms with Crippen LogP contribution in [0.3, 0.4) is 0 Å². The van der Waals surface area contributed by atoms with Crippen LogP contribution in [-0.2, 0) is 19.5 Å². The Morgan fingerprint density at radius 1 is 1.30 bits per heavy atom. The number of hydrogen-bond donors (Lipinski definition) is 1. The molecule has 2 rings (SSSR count). The fourth-order valence-electron chi connectivity index (χ4n) is 2.12. The summed E-state index contributed by atoms with van der Waals surface area (Å²) in [5, 5.41) is 16.4. The van der Waals surface area contributed by atoms with Gasteiger partial charge in [-0.3, -0.25) is 10.1 Å². The maximum absolute atomic E-state index is 10.9. The molecule has 0 saturated heterocycles. The van der Waals surface area contributed by atoms with E-state index < -0.39 is 0 Å². The zero-order valence-electron chi connectivity index (χ0n) is 11.7. The van der Waals surface area contributed by atoms with Crippen LogP contribution in [-0.4, -0.2) is 4.92 Å². The lowest BCUT2D eigenvalue weighted by Gasteiger charge is -2.06. The van der Waals surface area contributed by atoms with Gasteiger partial charge in [0.15, 0.2) is 0 Å². The van der Waals surface area contributed by atoms with E-state index in [4.69, 9.17) is 0 Å². The monoisotopic (exact) mass is 290 g/mol. The third kappa shape index (κ3) is 3.43. The Hall–Kier alpha value is -1.72. The van der Waals surface area contributed by atoms with Gasteiger partial charge in [-0.25, -0.2) is 0 Å². The van der Waals surface area contributed by atoms with Gasteiger partial charge in [0.05, 0.1) is 4.92 Å². The van der Waals surface area contributed by atoms with E-state index in [1.54, 1.807) is 30.4 Å². The topological polar surface area (TPSA) is 55.2 Å². The molecule has 0 spiro atoms. The van der Waals surface area contributed by atoms with Gasteiger partial charge >= 0.3 is 0 Å². The van der Waals surface area contributed by atoms with Crippen molar-refractivity contribution in [3.05, 3.63) is 61.3 Å². The van der Waals surface area contributed by atoms with Crippen LogP contribution in [0.1, 0.15) is 28.5 Å². The van der Waals surface area contributed by atoms with Gasteiger partial charge in [0.1, 0.15) is 0 Å². The minimum atomic E-state index is -0.326. The molecule has 1 aromatic carbocycles. The molecule has 0 saturated carbocycles. The van der Waals surface area contributed by atoms with Gasteiger partial charge in [0.25, 0.3) is 5.69 Å². The summed E-state index contributed by atoms with van der Waals surface area (Å²) >= 11 is 1.75. The van der Waals surface area contributed by atoms with Crippen molar-refractivity contribution in [1.29, 1.82) is 0 Å². The SMILES string of the molecule is CCc1ccsc1CNCc1ccc(C)c([N+](=O)[O-])c1. The largest absolute Gasteiger partial charge is 0.308 e. The highest BCUT2D eigenvalue weighted by Crippen LogP contribution is 2.20. The second kappa shape index (κ2) is 6.63. The summed E-state index contributed by atoms with van der Waals surface area (Å²) < 4.78 is 0. The minimum absolute atomic E-state index is 0.190. The maximum Gasteiger partial charge on any atom is 0.272 e. The van der Waals surface area contributed by atoms with Crippen LogP contribution in [0.25, 0.3) is 0 Å². The molecular weight excluding hydrogens is 272 g/mol. The Kier molecular flexibility index (Phi) is 4.87. The fourth-order valence-corrected chi connectivity index (χ4v) is 3.06. The molecule has 0 aliphatic carbocycles. The lowest BCUT2D eigenvalue weighted by molar-refractivity contribution is -0.385. The first-order valence-corrected chi connectivity index (χ1v) is 7.49. The number of nitro benzene ring substituents is 1. The van der Waals surface area contributed by atoms with Crippen LogP contribution < -0.4 is 5.32 Å². The number of nitro groups is 1. The molecule has 0 amide bonds. The molecule has 4 nitrogen and oxygen atoms in total. The third-order valence-electron chi connectivity index (χ3n) is 3.30. The predicted octanol–water partition coefficient (Wildman–Crippen LogP) is 3.82. The van der Waals surface area contributed by atoms with Gasteiger partial charge in [-0.2, -0.15) is 0 Å². The molecule has 1 aromatic heterocycles. The second-order valence-electron chi connectivity index (χ2n) is 4.70. The summed E-state index contributed by atoms with van der Waals surface area (Å²) in [5.41, 5.74) is 3.20. The van der Waals surface area contributed by atoms with Gasteiger partial charge in [-0.15, -0.1) is 11.3 Å². The van der Waals surface area contributed by atoms with E-state index in [-0.39, 0.29) is 10.6 Å². The summed E-state index contributed by atoms with van der Waals surface area (Å²) in [7, 11) is 0. The Morgan fingerprint density at radius 3 is 2.80 bits per heavy atom. The van der Waals surface area contributed by atoms with Crippen LogP contribution in [0.4, 0.5) is 5.69 Å². The highest BCUT2D eigenvalue weighted by atomic mass is 32.1. The van der Waals surface area contributed by atoms with Gasteiger partial charge in [-0.1, -0.05) is 19.1 Å². The van der Waals surface area contributed by atoms with Crippen molar-refractivity contribution in [2.24, 2.45) is 0 Å². The average Bonchev–Trinajstić information content (AvgIpc) is 2.88. The Morgan fingerprint density at radius 2 is 2.10 bits per heavy atom. The Balaban J connectivity index is 1.98. The van der Waals surface area contributed by atoms with E-state index in [1.807, 2.05) is 6.07 Å². The molecule has 0 fully saturated rings. The van der Waals surface area contributed by atoms with E-state index in [0.717, 1.165) is 18.5 Å². The molecule has 5 heteroatoms. The average molecular weight is 290 g/mol. The number of benzene rings is 1. The predicted molar refractivity (Wildman–Crippen MR) is 82.1 cm³/mol. The lowest BCUT2D eigenvalue weighted by Crippen LogP contribution is -2.13. The molecule has 20 heavy (non-hydrogen) atoms. The molecule has 0 radical (unpaired) electrons. The van der Waals surface area contributed by atoms with Gasteiger partial charge in [0.2, 0.25) is 0 Å². The first-order valence-electron chi connectivity index (χ1n) is 6.61. The number of aryl methyl sites for hydroxylation is 2. The molecule has 0 unspecified atom stereocenters. The zero-order chi connectivity index (χ0) is 14.5. The highest BCUT2D eigenvalue weighted by Gasteiger charge is 2.10. The van der Waals surface area contributed by atoms with Crippen molar-refractivity contribution in [1.82, 2.24) is 5.32 Å². The Bertz CT molecular complexity index is 608. The molecule has 106 valence electrons. The van der Waals surface area contributed by atoms with E-state index in [1.165, 1.54) is 10.4 Å². The first kappa shape index (κ1) is 14.7.